The molecule has 0 unspecified atom stereocenters. The topological polar surface area (TPSA) is 56.9 Å². The van der Waals surface area contributed by atoms with E-state index in [0.29, 0.717) is 28.0 Å². The molecular weight excluding hydrogens is 581 g/mol. The van der Waals surface area contributed by atoms with Crippen molar-refractivity contribution in [2.24, 2.45) is 7.05 Å². The molecule has 0 amide bonds. The minimum atomic E-state index is -0.211. The summed E-state index contributed by atoms with van der Waals surface area (Å²) >= 11 is 5.69. The Morgan fingerprint density at radius 3 is 2.41 bits per heavy atom. The fourth-order valence-corrected chi connectivity index (χ4v) is 4.76. The van der Waals surface area contributed by atoms with Crippen molar-refractivity contribution in [3.8, 4) is 17.1 Å². The van der Waals surface area contributed by atoms with Crippen molar-refractivity contribution in [2.75, 3.05) is 0 Å². The summed E-state index contributed by atoms with van der Waals surface area (Å²) in [6.07, 6.45) is 0. The largest absolute Gasteiger partial charge is 0.311 e. The van der Waals surface area contributed by atoms with Gasteiger partial charge in [-0.05, 0) is 84.1 Å². The molecule has 7 heteroatoms. The fourth-order valence-electron chi connectivity index (χ4n) is 3.89. The Kier molecular flexibility index (Phi) is 5.25. The molecule has 32 heavy (non-hydrogen) atoms. The third kappa shape index (κ3) is 3.49. The molecule has 0 aliphatic heterocycles. The molecule has 0 spiro atoms. The maximum atomic E-state index is 13.7. The zero-order chi connectivity index (χ0) is 22.6. The van der Waals surface area contributed by atoms with Gasteiger partial charge in [-0.25, -0.2) is 4.98 Å². The first-order chi connectivity index (χ1) is 15.3. The summed E-state index contributed by atoms with van der Waals surface area (Å²) in [7, 11) is 1.74. The monoisotopic (exact) mass is 597 g/mol. The fraction of sp³-hybridized carbons (Fsp3) is 0.0800. The van der Waals surface area contributed by atoms with E-state index in [2.05, 4.69) is 38.5 Å². The van der Waals surface area contributed by atoms with Crippen molar-refractivity contribution in [2.45, 2.75) is 6.92 Å². The first-order valence-electron chi connectivity index (χ1n) is 9.92. The molecule has 3 aromatic carbocycles. The van der Waals surface area contributed by atoms with Crippen molar-refractivity contribution in [3.05, 3.63) is 101 Å². The van der Waals surface area contributed by atoms with Crippen molar-refractivity contribution in [3.63, 3.8) is 0 Å². The number of benzene rings is 3. The number of aromatic nitrogens is 3. The summed E-state index contributed by atoms with van der Waals surface area (Å²) in [4.78, 5) is 31.9. The first kappa shape index (κ1) is 21.1. The van der Waals surface area contributed by atoms with Crippen LogP contribution in [0.2, 0.25) is 0 Å². The van der Waals surface area contributed by atoms with Gasteiger partial charge < -0.3 is 4.57 Å². The van der Waals surface area contributed by atoms with Crippen LogP contribution in [-0.2, 0) is 7.05 Å². The Bertz CT molecular complexity index is 1650. The van der Waals surface area contributed by atoms with Crippen molar-refractivity contribution < 1.29 is 0 Å². The molecule has 5 aromatic rings. The van der Waals surface area contributed by atoms with Crippen LogP contribution in [0.4, 0.5) is 0 Å². The van der Waals surface area contributed by atoms with Crippen LogP contribution in [0, 0.1) is 10.5 Å². The summed E-state index contributed by atoms with van der Waals surface area (Å²) < 4.78 is 4.99. The molecule has 5 rings (SSSR count). The number of fused-ring (bicyclic) bond motifs is 2. The third-order valence-electron chi connectivity index (χ3n) is 5.55. The second kappa shape index (κ2) is 7.97. The van der Waals surface area contributed by atoms with Gasteiger partial charge in [-0.2, -0.15) is 0 Å². The Morgan fingerprint density at radius 1 is 0.906 bits per heavy atom. The summed E-state index contributed by atoms with van der Waals surface area (Å²) in [6.45, 7) is 1.99. The molecule has 0 bridgehead atoms. The highest BCUT2D eigenvalue weighted by molar-refractivity contribution is 14.1. The predicted octanol–water partition coefficient (Wildman–Crippen LogP) is 5.58. The van der Waals surface area contributed by atoms with Crippen LogP contribution in [0.5, 0.6) is 0 Å². The maximum absolute atomic E-state index is 13.7. The molecule has 158 valence electrons. The van der Waals surface area contributed by atoms with Crippen LogP contribution in [0.3, 0.4) is 0 Å². The van der Waals surface area contributed by atoms with Gasteiger partial charge in [0.25, 0.3) is 11.1 Å². The van der Waals surface area contributed by atoms with Gasteiger partial charge in [0.2, 0.25) is 0 Å². The van der Waals surface area contributed by atoms with E-state index in [4.69, 9.17) is 4.98 Å². The highest BCUT2D eigenvalue weighted by Gasteiger charge is 2.19. The van der Waals surface area contributed by atoms with Gasteiger partial charge in [-0.1, -0.05) is 33.6 Å². The van der Waals surface area contributed by atoms with Crippen molar-refractivity contribution >= 4 is 60.3 Å². The number of nitrogens with zero attached hydrogens (tertiary/aromatic N) is 3. The normalized spacial score (nSPS) is 11.4. The van der Waals surface area contributed by atoms with Crippen LogP contribution in [0.15, 0.2) is 80.8 Å². The number of rotatable bonds is 2. The molecule has 0 aliphatic rings. The van der Waals surface area contributed by atoms with Crippen LogP contribution in [-0.4, -0.2) is 14.1 Å². The van der Waals surface area contributed by atoms with Crippen LogP contribution >= 0.6 is 38.5 Å². The maximum Gasteiger partial charge on any atom is 0.266 e. The van der Waals surface area contributed by atoms with Gasteiger partial charge >= 0.3 is 0 Å². The number of halogens is 2. The second-order valence-corrected chi connectivity index (χ2v) is 9.86. The van der Waals surface area contributed by atoms with Crippen LogP contribution < -0.4 is 11.1 Å². The molecule has 0 saturated heterocycles. The van der Waals surface area contributed by atoms with Gasteiger partial charge in [-0.3, -0.25) is 14.2 Å². The van der Waals surface area contributed by atoms with Gasteiger partial charge in [-0.15, -0.1) is 0 Å². The zero-order valence-electron chi connectivity index (χ0n) is 17.3. The van der Waals surface area contributed by atoms with Gasteiger partial charge in [0.05, 0.1) is 27.7 Å². The molecule has 2 aromatic heterocycles. The van der Waals surface area contributed by atoms with Crippen molar-refractivity contribution in [1.29, 1.82) is 0 Å². The van der Waals surface area contributed by atoms with Gasteiger partial charge in [0.1, 0.15) is 0 Å². The molecule has 5 nitrogen and oxygen atoms in total. The predicted molar refractivity (Wildman–Crippen MR) is 141 cm³/mol. The third-order valence-corrected chi connectivity index (χ3v) is 6.71. The summed E-state index contributed by atoms with van der Waals surface area (Å²) in [5.41, 5.74) is 3.07. The number of hydrogen-bond donors (Lipinski definition) is 0. The summed E-state index contributed by atoms with van der Waals surface area (Å²) in [5, 5.41) is 1.39. The van der Waals surface area contributed by atoms with E-state index in [9.17, 15) is 9.59 Å². The lowest BCUT2D eigenvalue weighted by Gasteiger charge is -2.15. The molecule has 0 aliphatic carbocycles. The second-order valence-electron chi connectivity index (χ2n) is 7.70. The highest BCUT2D eigenvalue weighted by Crippen LogP contribution is 2.25. The van der Waals surface area contributed by atoms with E-state index >= 15 is 0 Å². The van der Waals surface area contributed by atoms with Crippen LogP contribution in [0.1, 0.15) is 5.56 Å². The molecule has 0 saturated carbocycles. The lowest BCUT2D eigenvalue weighted by atomic mass is 10.1. The lowest BCUT2D eigenvalue weighted by molar-refractivity contribution is 0.895. The van der Waals surface area contributed by atoms with E-state index < -0.39 is 0 Å². The quantitative estimate of drug-likeness (QED) is 0.250. The standard InChI is InChI=1S/C25H17BrIN3O2/c1-14-3-7-18(8-4-14)30-23(28-21-9-6-17(27)13-19(21)25(30)32)20-12-15-11-16(26)5-10-22(15)29(2)24(20)31/h3-13H,1-2H3. The Hall–Kier alpha value is -2.78. The Balaban J connectivity index is 1.94. The van der Waals surface area contributed by atoms with E-state index in [1.807, 2.05) is 73.7 Å². The number of hydrogen-bond acceptors (Lipinski definition) is 3. The average Bonchev–Trinajstić information content (AvgIpc) is 2.77. The van der Waals surface area contributed by atoms with E-state index in [1.54, 1.807) is 16.2 Å². The number of pyridine rings is 1. The van der Waals surface area contributed by atoms with E-state index in [-0.39, 0.29) is 11.1 Å². The molecule has 0 radical (unpaired) electrons. The molecule has 0 atom stereocenters. The van der Waals surface area contributed by atoms with E-state index in [1.165, 1.54) is 0 Å². The number of aryl methyl sites for hydroxylation is 2. The SMILES string of the molecule is Cc1ccc(-n2c(-c3cc4cc(Br)ccc4n(C)c3=O)nc3ccc(I)cc3c2=O)cc1. The Morgan fingerprint density at radius 2 is 1.66 bits per heavy atom. The molecule has 2 heterocycles. The lowest BCUT2D eigenvalue weighted by Crippen LogP contribution is -2.26. The zero-order valence-corrected chi connectivity index (χ0v) is 21.0. The Labute approximate surface area is 205 Å². The smallest absolute Gasteiger partial charge is 0.266 e. The van der Waals surface area contributed by atoms with Gasteiger partial charge in [0.15, 0.2) is 5.82 Å². The minimum absolute atomic E-state index is 0.205. The minimum Gasteiger partial charge on any atom is -0.311 e. The van der Waals surface area contributed by atoms with E-state index in [0.717, 1.165) is 24.5 Å². The first-order valence-corrected chi connectivity index (χ1v) is 11.8. The highest BCUT2D eigenvalue weighted by atomic mass is 127. The summed E-state index contributed by atoms with van der Waals surface area (Å²) in [6, 6.07) is 20.8. The summed E-state index contributed by atoms with van der Waals surface area (Å²) in [5.74, 6) is 0.329. The molecule has 0 N–H and O–H groups in total. The molecular formula is C25H17BrIN3O2. The van der Waals surface area contributed by atoms with Crippen LogP contribution in [0.25, 0.3) is 38.9 Å². The average molecular weight is 598 g/mol. The van der Waals surface area contributed by atoms with Crippen molar-refractivity contribution in [1.82, 2.24) is 14.1 Å². The molecule has 0 fully saturated rings. The van der Waals surface area contributed by atoms with Gasteiger partial charge in [0, 0.05) is 20.5 Å².